The summed E-state index contributed by atoms with van der Waals surface area (Å²) < 4.78 is 1.66. The largest absolute Gasteiger partial charge is 0.481 e. The number of carbonyl (C=O) groups excluding carboxylic acids is 1. The lowest BCUT2D eigenvalue weighted by Crippen LogP contribution is -2.44. The molecular formula is C15H17N3O3. The van der Waals surface area contributed by atoms with Crippen LogP contribution in [0.25, 0.3) is 5.52 Å². The molecule has 6 heteroatoms. The highest BCUT2D eigenvalue weighted by Gasteiger charge is 2.30. The summed E-state index contributed by atoms with van der Waals surface area (Å²) in [5.41, 5.74) is 1.29. The van der Waals surface area contributed by atoms with Gasteiger partial charge in [-0.2, -0.15) is 5.10 Å². The van der Waals surface area contributed by atoms with Crippen molar-refractivity contribution < 1.29 is 14.7 Å². The van der Waals surface area contributed by atoms with Crippen LogP contribution in [0.4, 0.5) is 0 Å². The molecule has 3 heterocycles. The predicted octanol–water partition coefficient (Wildman–Crippen LogP) is 1.80. The average molecular weight is 287 g/mol. The quantitative estimate of drug-likeness (QED) is 0.934. The molecule has 6 nitrogen and oxygen atoms in total. The van der Waals surface area contributed by atoms with E-state index in [1.165, 1.54) is 0 Å². The van der Waals surface area contributed by atoms with Crippen molar-refractivity contribution in [3.8, 4) is 0 Å². The minimum atomic E-state index is -0.862. The number of aromatic nitrogens is 2. The molecule has 0 aromatic carbocycles. The van der Waals surface area contributed by atoms with Gasteiger partial charge in [-0.15, -0.1) is 0 Å². The van der Waals surface area contributed by atoms with Crippen LogP contribution in [0.15, 0.2) is 30.6 Å². The number of nitrogens with zero attached hydrogens (tertiary/aromatic N) is 3. The molecule has 21 heavy (non-hydrogen) atoms. The van der Waals surface area contributed by atoms with Crippen LogP contribution in [0.5, 0.6) is 0 Å². The summed E-state index contributed by atoms with van der Waals surface area (Å²) in [5, 5.41) is 13.2. The van der Waals surface area contributed by atoms with E-state index in [9.17, 15) is 9.59 Å². The third kappa shape index (κ3) is 2.61. The van der Waals surface area contributed by atoms with Crippen molar-refractivity contribution in [2.24, 2.45) is 0 Å². The number of amides is 1. The summed E-state index contributed by atoms with van der Waals surface area (Å²) in [5.74, 6) is -0.985. The van der Waals surface area contributed by atoms with Crippen molar-refractivity contribution in [1.82, 2.24) is 14.5 Å². The fourth-order valence-electron chi connectivity index (χ4n) is 2.94. The Labute approximate surface area is 122 Å². The first-order chi connectivity index (χ1) is 10.2. The van der Waals surface area contributed by atoms with Crippen molar-refractivity contribution in [2.75, 3.05) is 6.54 Å². The standard InChI is InChI=1S/C15H17N3O3/c19-14(20)9-11-5-1-3-7-17(11)15(21)12-10-16-18-8-4-2-6-13(12)18/h2,4,6,8,10-11H,1,3,5,7,9H2,(H,19,20). The highest BCUT2D eigenvalue weighted by Crippen LogP contribution is 2.23. The van der Waals surface area contributed by atoms with Gasteiger partial charge < -0.3 is 10.0 Å². The lowest BCUT2D eigenvalue weighted by molar-refractivity contribution is -0.138. The van der Waals surface area contributed by atoms with Gasteiger partial charge in [-0.1, -0.05) is 6.07 Å². The smallest absolute Gasteiger partial charge is 0.305 e. The average Bonchev–Trinajstić information content (AvgIpc) is 2.90. The Bertz CT molecular complexity index is 680. The molecule has 2 aromatic heterocycles. The highest BCUT2D eigenvalue weighted by atomic mass is 16.4. The maximum Gasteiger partial charge on any atom is 0.305 e. The van der Waals surface area contributed by atoms with E-state index >= 15 is 0 Å². The van der Waals surface area contributed by atoms with Gasteiger partial charge >= 0.3 is 5.97 Å². The van der Waals surface area contributed by atoms with Gasteiger partial charge in [0, 0.05) is 18.8 Å². The lowest BCUT2D eigenvalue weighted by atomic mass is 9.98. The molecule has 0 spiro atoms. The van der Waals surface area contributed by atoms with Crippen molar-refractivity contribution in [3.05, 3.63) is 36.2 Å². The number of fused-ring (bicyclic) bond motifs is 1. The minimum Gasteiger partial charge on any atom is -0.481 e. The van der Waals surface area contributed by atoms with E-state index in [4.69, 9.17) is 5.11 Å². The molecule has 2 aromatic rings. The van der Waals surface area contributed by atoms with Gasteiger partial charge in [0.25, 0.3) is 5.91 Å². The zero-order chi connectivity index (χ0) is 14.8. The van der Waals surface area contributed by atoms with Crippen LogP contribution in [0.2, 0.25) is 0 Å². The van der Waals surface area contributed by atoms with Crippen LogP contribution in [-0.2, 0) is 4.79 Å². The highest BCUT2D eigenvalue weighted by molar-refractivity contribution is 6.00. The third-order valence-corrected chi connectivity index (χ3v) is 3.96. The molecule has 1 atom stereocenters. The molecule has 1 fully saturated rings. The number of hydrogen-bond donors (Lipinski definition) is 1. The second kappa shape index (κ2) is 5.55. The number of hydrogen-bond acceptors (Lipinski definition) is 3. The first-order valence-electron chi connectivity index (χ1n) is 7.12. The maximum absolute atomic E-state index is 12.7. The summed E-state index contributed by atoms with van der Waals surface area (Å²) in [7, 11) is 0. The number of carboxylic acids is 1. The Kier molecular flexibility index (Phi) is 3.60. The van der Waals surface area contributed by atoms with Crippen LogP contribution in [-0.4, -0.2) is 44.1 Å². The number of carbonyl (C=O) groups is 2. The van der Waals surface area contributed by atoms with E-state index in [-0.39, 0.29) is 18.4 Å². The summed E-state index contributed by atoms with van der Waals surface area (Å²) in [6, 6.07) is 5.33. The van der Waals surface area contributed by atoms with Crippen molar-refractivity contribution in [1.29, 1.82) is 0 Å². The molecule has 1 N–H and O–H groups in total. The SMILES string of the molecule is O=C(O)CC1CCCCN1C(=O)c1cnn2ccccc12. The number of pyridine rings is 1. The van der Waals surface area contributed by atoms with E-state index in [0.717, 1.165) is 24.8 Å². The second-order valence-corrected chi connectivity index (χ2v) is 5.33. The van der Waals surface area contributed by atoms with Crippen LogP contribution >= 0.6 is 0 Å². The van der Waals surface area contributed by atoms with Gasteiger partial charge in [0.05, 0.1) is 23.7 Å². The third-order valence-electron chi connectivity index (χ3n) is 3.96. The molecule has 0 aliphatic carbocycles. The summed E-state index contributed by atoms with van der Waals surface area (Å²) >= 11 is 0. The van der Waals surface area contributed by atoms with Crippen LogP contribution in [0.3, 0.4) is 0 Å². The number of likely N-dealkylation sites (tertiary alicyclic amines) is 1. The van der Waals surface area contributed by atoms with Gasteiger partial charge in [-0.3, -0.25) is 9.59 Å². The normalized spacial score (nSPS) is 18.9. The number of piperidine rings is 1. The monoisotopic (exact) mass is 287 g/mol. The van der Waals surface area contributed by atoms with Crippen molar-refractivity contribution in [2.45, 2.75) is 31.7 Å². The van der Waals surface area contributed by atoms with Gasteiger partial charge in [0.2, 0.25) is 0 Å². The van der Waals surface area contributed by atoms with E-state index in [0.29, 0.717) is 12.1 Å². The zero-order valence-corrected chi connectivity index (χ0v) is 11.6. The Morgan fingerprint density at radius 1 is 1.33 bits per heavy atom. The first kappa shape index (κ1) is 13.6. The Morgan fingerprint density at radius 3 is 3.00 bits per heavy atom. The number of carboxylic acid groups (broad SMARTS) is 1. The van der Waals surface area contributed by atoms with Crippen molar-refractivity contribution in [3.63, 3.8) is 0 Å². The molecule has 1 saturated heterocycles. The van der Waals surface area contributed by atoms with Gasteiger partial charge in [-0.25, -0.2) is 4.52 Å². The molecule has 1 unspecified atom stereocenters. The fourth-order valence-corrected chi connectivity index (χ4v) is 2.94. The molecular weight excluding hydrogens is 270 g/mol. The van der Waals surface area contributed by atoms with Gasteiger partial charge in [0.1, 0.15) is 0 Å². The number of rotatable bonds is 3. The van der Waals surface area contributed by atoms with E-state index < -0.39 is 5.97 Å². The van der Waals surface area contributed by atoms with Crippen LogP contribution < -0.4 is 0 Å². The Hall–Kier alpha value is -2.37. The van der Waals surface area contributed by atoms with Gasteiger partial charge in [-0.05, 0) is 31.4 Å². The lowest BCUT2D eigenvalue weighted by Gasteiger charge is -2.34. The molecule has 110 valence electrons. The molecule has 3 rings (SSSR count). The van der Waals surface area contributed by atoms with Crippen molar-refractivity contribution >= 4 is 17.4 Å². The fraction of sp³-hybridized carbons (Fsp3) is 0.400. The topological polar surface area (TPSA) is 74.9 Å². The van der Waals surface area contributed by atoms with Crippen LogP contribution in [0.1, 0.15) is 36.0 Å². The molecule has 0 radical (unpaired) electrons. The van der Waals surface area contributed by atoms with Crippen LogP contribution in [0, 0.1) is 0 Å². The predicted molar refractivity (Wildman–Crippen MR) is 76.1 cm³/mol. The number of aliphatic carboxylic acids is 1. The zero-order valence-electron chi connectivity index (χ0n) is 11.6. The Morgan fingerprint density at radius 2 is 2.19 bits per heavy atom. The summed E-state index contributed by atoms with van der Waals surface area (Å²) in [4.78, 5) is 25.4. The Balaban J connectivity index is 1.90. The van der Waals surface area contributed by atoms with Gasteiger partial charge in [0.15, 0.2) is 0 Å². The molecule has 1 aliphatic rings. The summed E-state index contributed by atoms with van der Waals surface area (Å²) in [6.07, 6.45) is 5.99. The minimum absolute atomic E-state index is 0.00491. The second-order valence-electron chi connectivity index (χ2n) is 5.33. The van der Waals surface area contributed by atoms with E-state index in [1.807, 2.05) is 18.2 Å². The van der Waals surface area contributed by atoms with E-state index in [2.05, 4.69) is 5.10 Å². The van der Waals surface area contributed by atoms with E-state index in [1.54, 1.807) is 21.8 Å². The summed E-state index contributed by atoms with van der Waals surface area (Å²) in [6.45, 7) is 0.612. The maximum atomic E-state index is 12.7. The first-order valence-corrected chi connectivity index (χ1v) is 7.12. The molecule has 0 saturated carbocycles. The molecule has 1 amide bonds. The molecule has 0 bridgehead atoms. The molecule has 1 aliphatic heterocycles.